The molecular weight excluding hydrogens is 340 g/mol. The highest BCUT2D eigenvalue weighted by atomic mass is 15.3. The summed E-state index contributed by atoms with van der Waals surface area (Å²) in [6.07, 6.45) is 12.1. The maximum absolute atomic E-state index is 9.21. The molecule has 2 N–H and O–H groups in total. The maximum atomic E-state index is 9.21. The molecule has 0 amide bonds. The fourth-order valence-electron chi connectivity index (χ4n) is 3.53. The molecule has 0 saturated heterocycles. The van der Waals surface area contributed by atoms with E-state index < -0.39 is 0 Å². The fraction of sp³-hybridized carbons (Fsp3) is 0.316. The van der Waals surface area contributed by atoms with Gasteiger partial charge < -0.3 is 5.73 Å². The number of hydrogen-bond donors (Lipinski definition) is 1. The molecule has 136 valence electrons. The first-order valence-corrected chi connectivity index (χ1v) is 8.71. The summed E-state index contributed by atoms with van der Waals surface area (Å²) < 4.78 is 3.71. The Kier molecular flexibility index (Phi) is 4.00. The number of aromatic nitrogens is 5. The molecular formula is C19H20N8. The van der Waals surface area contributed by atoms with Crippen molar-refractivity contribution in [1.82, 2.24) is 24.4 Å². The molecule has 27 heavy (non-hydrogen) atoms. The van der Waals surface area contributed by atoms with Gasteiger partial charge in [-0.1, -0.05) is 0 Å². The molecule has 1 aliphatic rings. The predicted octanol–water partition coefficient (Wildman–Crippen LogP) is 2.46. The van der Waals surface area contributed by atoms with Crippen LogP contribution in [0.2, 0.25) is 0 Å². The van der Waals surface area contributed by atoms with Gasteiger partial charge in [0.25, 0.3) is 0 Å². The quantitative estimate of drug-likeness (QED) is 0.719. The number of allylic oxidation sites excluding steroid dienone is 1. The molecule has 0 unspecified atom stereocenters. The Morgan fingerprint density at radius 1 is 1.41 bits per heavy atom. The lowest BCUT2D eigenvalue weighted by Crippen LogP contribution is -2.35. The van der Waals surface area contributed by atoms with Gasteiger partial charge in [-0.05, 0) is 25.8 Å². The molecule has 3 heterocycles. The van der Waals surface area contributed by atoms with Crippen molar-refractivity contribution >= 4 is 17.3 Å². The van der Waals surface area contributed by atoms with Gasteiger partial charge >= 0.3 is 0 Å². The van der Waals surface area contributed by atoms with E-state index in [-0.39, 0.29) is 11.5 Å². The Hall–Kier alpha value is -3.47. The lowest BCUT2D eigenvalue weighted by molar-refractivity contribution is 0.133. The number of nitrogens with zero attached hydrogens (tertiary/aromatic N) is 7. The van der Waals surface area contributed by atoms with Crippen LogP contribution in [0.15, 0.2) is 42.0 Å². The normalized spacial score (nSPS) is 22.9. The van der Waals surface area contributed by atoms with E-state index in [2.05, 4.69) is 21.3 Å². The van der Waals surface area contributed by atoms with E-state index in [1.807, 2.05) is 30.1 Å². The Labute approximate surface area is 156 Å². The second-order valence-electron chi connectivity index (χ2n) is 7.09. The van der Waals surface area contributed by atoms with Crippen LogP contribution in [-0.4, -0.2) is 37.6 Å². The second-order valence-corrected chi connectivity index (χ2v) is 7.09. The summed E-state index contributed by atoms with van der Waals surface area (Å²) in [4.78, 5) is 8.82. The largest absolute Gasteiger partial charge is 0.404 e. The van der Waals surface area contributed by atoms with E-state index in [1.165, 1.54) is 6.20 Å². The highest BCUT2D eigenvalue weighted by molar-refractivity contribution is 6.09. The van der Waals surface area contributed by atoms with Crippen molar-refractivity contribution in [2.24, 2.45) is 16.1 Å². The molecule has 0 radical (unpaired) electrons. The van der Waals surface area contributed by atoms with Crippen LogP contribution >= 0.6 is 0 Å². The molecule has 3 aromatic rings. The second kappa shape index (κ2) is 6.36. The first-order valence-electron chi connectivity index (χ1n) is 8.71. The Bertz CT molecular complexity index is 1090. The van der Waals surface area contributed by atoms with Crippen molar-refractivity contribution in [3.8, 4) is 17.3 Å². The van der Waals surface area contributed by atoms with Crippen LogP contribution in [0.3, 0.4) is 0 Å². The van der Waals surface area contributed by atoms with Gasteiger partial charge in [-0.15, -0.1) is 0 Å². The molecule has 4 rings (SSSR count). The van der Waals surface area contributed by atoms with E-state index in [1.54, 1.807) is 30.2 Å². The highest BCUT2D eigenvalue weighted by Crippen LogP contribution is 2.47. The molecule has 0 spiro atoms. The van der Waals surface area contributed by atoms with Gasteiger partial charge in [0.05, 0.1) is 53.0 Å². The van der Waals surface area contributed by atoms with Crippen LogP contribution in [0.5, 0.6) is 0 Å². The van der Waals surface area contributed by atoms with Crippen molar-refractivity contribution in [2.75, 3.05) is 7.05 Å². The molecule has 0 aromatic carbocycles. The number of rotatable bonds is 4. The summed E-state index contributed by atoms with van der Waals surface area (Å²) in [6, 6.07) is 4.54. The van der Waals surface area contributed by atoms with Crippen molar-refractivity contribution < 1.29 is 0 Å². The van der Waals surface area contributed by atoms with Crippen LogP contribution in [-0.2, 0) is 0 Å². The van der Waals surface area contributed by atoms with Gasteiger partial charge in [0.15, 0.2) is 0 Å². The molecule has 0 aliphatic heterocycles. The zero-order valence-corrected chi connectivity index (χ0v) is 15.2. The molecule has 0 bridgehead atoms. The van der Waals surface area contributed by atoms with Crippen LogP contribution in [0.25, 0.3) is 22.3 Å². The number of hydrogen-bond acceptors (Lipinski definition) is 6. The number of aliphatic imine (C=N–C) groups is 1. The third kappa shape index (κ3) is 2.87. The Morgan fingerprint density at radius 2 is 2.22 bits per heavy atom. The van der Waals surface area contributed by atoms with E-state index >= 15 is 0 Å². The van der Waals surface area contributed by atoms with Gasteiger partial charge in [-0.25, -0.2) is 9.50 Å². The van der Waals surface area contributed by atoms with Gasteiger partial charge in [0, 0.05) is 36.8 Å². The molecule has 0 atom stereocenters. The molecule has 1 fully saturated rings. The Balaban J connectivity index is 1.74. The van der Waals surface area contributed by atoms with E-state index in [0.29, 0.717) is 11.3 Å². The van der Waals surface area contributed by atoms with Gasteiger partial charge in [-0.2, -0.15) is 15.5 Å². The lowest BCUT2D eigenvalue weighted by Gasteiger charge is -2.39. The first-order chi connectivity index (χ1) is 13.1. The van der Waals surface area contributed by atoms with Crippen molar-refractivity contribution in [2.45, 2.75) is 25.8 Å². The molecule has 3 aromatic heterocycles. The van der Waals surface area contributed by atoms with Gasteiger partial charge in [-0.3, -0.25) is 9.67 Å². The lowest BCUT2D eigenvalue weighted by atomic mass is 9.68. The van der Waals surface area contributed by atoms with E-state index in [9.17, 15) is 5.26 Å². The summed E-state index contributed by atoms with van der Waals surface area (Å²) >= 11 is 0. The minimum absolute atomic E-state index is 0.242. The molecule has 8 nitrogen and oxygen atoms in total. The van der Waals surface area contributed by atoms with Crippen molar-refractivity contribution in [1.29, 1.82) is 5.26 Å². The van der Waals surface area contributed by atoms with Gasteiger partial charge in [0.1, 0.15) is 0 Å². The highest BCUT2D eigenvalue weighted by Gasteiger charge is 2.42. The average molecular weight is 360 g/mol. The summed E-state index contributed by atoms with van der Waals surface area (Å²) in [5.41, 5.74) is 9.47. The molecule has 8 heteroatoms. The average Bonchev–Trinajstić information content (AvgIpc) is 3.31. The van der Waals surface area contributed by atoms with E-state index in [0.717, 1.165) is 29.6 Å². The van der Waals surface area contributed by atoms with Crippen molar-refractivity contribution in [3.05, 3.63) is 42.7 Å². The fourth-order valence-corrected chi connectivity index (χ4v) is 3.53. The summed E-state index contributed by atoms with van der Waals surface area (Å²) in [5.74, 6) is 0. The first kappa shape index (κ1) is 17.0. The number of fused-ring (bicyclic) bond motifs is 1. The van der Waals surface area contributed by atoms with Crippen molar-refractivity contribution in [3.63, 3.8) is 0 Å². The smallest absolute Gasteiger partial charge is 0.0999 e. The molecule has 1 saturated carbocycles. The third-order valence-electron chi connectivity index (χ3n) is 5.02. The minimum atomic E-state index is -0.242. The number of nitriles is 1. The predicted molar refractivity (Wildman–Crippen MR) is 103 cm³/mol. The van der Waals surface area contributed by atoms with Crippen LogP contribution in [0, 0.1) is 16.7 Å². The van der Waals surface area contributed by atoms with E-state index in [4.69, 9.17) is 10.7 Å². The summed E-state index contributed by atoms with van der Waals surface area (Å²) in [7, 11) is 1.69. The third-order valence-corrected chi connectivity index (χ3v) is 5.02. The number of nitrogens with two attached hydrogens (primary N) is 1. The zero-order chi connectivity index (χ0) is 19.0. The minimum Gasteiger partial charge on any atom is -0.404 e. The zero-order valence-electron chi connectivity index (χ0n) is 15.2. The van der Waals surface area contributed by atoms with Crippen LogP contribution in [0.1, 0.15) is 31.5 Å². The maximum Gasteiger partial charge on any atom is 0.0999 e. The summed E-state index contributed by atoms with van der Waals surface area (Å²) in [6.45, 7) is 1.99. The summed E-state index contributed by atoms with van der Waals surface area (Å²) in [5, 5.41) is 18.1. The van der Waals surface area contributed by atoms with Crippen LogP contribution < -0.4 is 5.73 Å². The Morgan fingerprint density at radius 3 is 2.93 bits per heavy atom. The standard InChI is InChI=1S/C19H20N8/c1-19(12-21)5-15(6-19)26-10-14(9-24-26)18-17-3-4-23-27(17)11-16(25-18)13(7-20)8-22-2/h3-4,7-11,15H,5-6,20H2,1-2H3. The van der Waals surface area contributed by atoms with Crippen LogP contribution in [0.4, 0.5) is 0 Å². The van der Waals surface area contributed by atoms with Gasteiger partial charge in [0.2, 0.25) is 0 Å². The molecule has 1 aliphatic carbocycles. The SMILES string of the molecule is CN=CC(=CN)c1cn2nccc2c(-c2cnn(C3CC(C)(C#N)C3)c2)n1. The monoisotopic (exact) mass is 360 g/mol. The topological polar surface area (TPSA) is 110 Å².